The van der Waals surface area contributed by atoms with E-state index in [0.29, 0.717) is 0 Å². The minimum absolute atomic E-state index is 0.160. The first-order chi connectivity index (χ1) is 9.78. The van der Waals surface area contributed by atoms with E-state index < -0.39 is 0 Å². The molecule has 106 valence electrons. The summed E-state index contributed by atoms with van der Waals surface area (Å²) in [6, 6.07) is 6.38. The number of nitrogens with one attached hydrogen (secondary N) is 1. The standard InChI is InChI=1S/C16H21N3O/c1-4-12-5-6-13(19-10-12)9-15(17-2)14-7-8-18-11-16(14)20-3/h5-8,10-11,15,17H,4,9H2,1-3H3. The average Bonchev–Trinajstić information content (AvgIpc) is 2.53. The quantitative estimate of drug-likeness (QED) is 0.877. The fourth-order valence-corrected chi connectivity index (χ4v) is 2.21. The van der Waals surface area contributed by atoms with Crippen LogP contribution in [0.1, 0.15) is 29.8 Å². The van der Waals surface area contributed by atoms with Crippen molar-refractivity contribution in [2.24, 2.45) is 0 Å². The molecule has 0 saturated heterocycles. The number of rotatable bonds is 6. The SMILES string of the molecule is CCc1ccc(CC(NC)c2ccncc2OC)nc1. The summed E-state index contributed by atoms with van der Waals surface area (Å²) in [4.78, 5) is 8.62. The van der Waals surface area contributed by atoms with Gasteiger partial charge >= 0.3 is 0 Å². The molecule has 4 heteroatoms. The van der Waals surface area contributed by atoms with Crippen LogP contribution in [0.15, 0.2) is 36.8 Å². The maximum atomic E-state index is 5.38. The minimum Gasteiger partial charge on any atom is -0.495 e. The van der Waals surface area contributed by atoms with Gasteiger partial charge in [-0.15, -0.1) is 0 Å². The molecule has 0 amide bonds. The van der Waals surface area contributed by atoms with Crippen molar-refractivity contribution in [2.45, 2.75) is 25.8 Å². The molecule has 0 aromatic carbocycles. The molecule has 0 fully saturated rings. The molecule has 1 unspecified atom stereocenters. The molecule has 0 saturated carbocycles. The molecule has 1 atom stereocenters. The van der Waals surface area contributed by atoms with Gasteiger partial charge in [-0.25, -0.2) is 0 Å². The number of likely N-dealkylation sites (N-methyl/N-ethyl adjacent to an activating group) is 1. The van der Waals surface area contributed by atoms with E-state index in [-0.39, 0.29) is 6.04 Å². The molecular formula is C16H21N3O. The van der Waals surface area contributed by atoms with Crippen molar-refractivity contribution in [1.82, 2.24) is 15.3 Å². The maximum Gasteiger partial charge on any atom is 0.141 e. The Balaban J connectivity index is 2.19. The van der Waals surface area contributed by atoms with Gasteiger partial charge in [-0.3, -0.25) is 9.97 Å². The highest BCUT2D eigenvalue weighted by Crippen LogP contribution is 2.25. The van der Waals surface area contributed by atoms with Crippen molar-refractivity contribution in [2.75, 3.05) is 14.2 Å². The van der Waals surface area contributed by atoms with Gasteiger partial charge in [0, 0.05) is 36.1 Å². The Bertz CT molecular complexity index is 540. The van der Waals surface area contributed by atoms with Gasteiger partial charge in [0.1, 0.15) is 5.75 Å². The second kappa shape index (κ2) is 7.01. The molecule has 2 aromatic heterocycles. The molecule has 2 rings (SSSR count). The normalized spacial score (nSPS) is 12.2. The second-order valence-electron chi connectivity index (χ2n) is 4.67. The fourth-order valence-electron chi connectivity index (χ4n) is 2.21. The van der Waals surface area contributed by atoms with Crippen LogP contribution in [0.2, 0.25) is 0 Å². The lowest BCUT2D eigenvalue weighted by atomic mass is 10.0. The summed E-state index contributed by atoms with van der Waals surface area (Å²) >= 11 is 0. The first kappa shape index (κ1) is 14.5. The van der Waals surface area contributed by atoms with Gasteiger partial charge in [-0.1, -0.05) is 13.0 Å². The Morgan fingerprint density at radius 1 is 1.25 bits per heavy atom. The van der Waals surface area contributed by atoms with Crippen molar-refractivity contribution >= 4 is 0 Å². The van der Waals surface area contributed by atoms with Crippen molar-refractivity contribution in [3.8, 4) is 5.75 Å². The van der Waals surface area contributed by atoms with E-state index in [2.05, 4.69) is 34.3 Å². The third kappa shape index (κ3) is 3.33. The second-order valence-corrected chi connectivity index (χ2v) is 4.67. The smallest absolute Gasteiger partial charge is 0.141 e. The topological polar surface area (TPSA) is 47.0 Å². The third-order valence-electron chi connectivity index (χ3n) is 3.47. The summed E-state index contributed by atoms with van der Waals surface area (Å²) < 4.78 is 5.38. The maximum absolute atomic E-state index is 5.38. The number of hydrogen-bond acceptors (Lipinski definition) is 4. The van der Waals surface area contributed by atoms with Crippen LogP contribution in [0.4, 0.5) is 0 Å². The van der Waals surface area contributed by atoms with E-state index in [1.165, 1.54) is 5.56 Å². The predicted molar refractivity (Wildman–Crippen MR) is 79.9 cm³/mol. The number of hydrogen-bond donors (Lipinski definition) is 1. The van der Waals surface area contributed by atoms with Crippen LogP contribution in [-0.4, -0.2) is 24.1 Å². The van der Waals surface area contributed by atoms with E-state index in [1.54, 1.807) is 19.5 Å². The highest BCUT2D eigenvalue weighted by molar-refractivity contribution is 5.33. The lowest BCUT2D eigenvalue weighted by molar-refractivity contribution is 0.399. The molecule has 0 spiro atoms. The molecule has 1 N–H and O–H groups in total. The molecule has 2 heterocycles. The minimum atomic E-state index is 0.160. The van der Waals surface area contributed by atoms with E-state index in [4.69, 9.17) is 4.74 Å². The van der Waals surface area contributed by atoms with Gasteiger partial charge in [0.25, 0.3) is 0 Å². The number of aromatic nitrogens is 2. The molecule has 0 bridgehead atoms. The lowest BCUT2D eigenvalue weighted by Crippen LogP contribution is -2.20. The van der Waals surface area contributed by atoms with Gasteiger partial charge in [-0.2, -0.15) is 0 Å². The highest BCUT2D eigenvalue weighted by Gasteiger charge is 2.15. The molecule has 0 radical (unpaired) electrons. The van der Waals surface area contributed by atoms with Crippen LogP contribution >= 0.6 is 0 Å². The van der Waals surface area contributed by atoms with Crippen LogP contribution in [0.25, 0.3) is 0 Å². The molecule has 2 aromatic rings. The van der Waals surface area contributed by atoms with E-state index in [1.807, 2.05) is 19.3 Å². The van der Waals surface area contributed by atoms with Crippen LogP contribution in [0.3, 0.4) is 0 Å². The fraction of sp³-hybridized carbons (Fsp3) is 0.375. The zero-order valence-corrected chi connectivity index (χ0v) is 12.3. The summed E-state index contributed by atoms with van der Waals surface area (Å²) in [5, 5.41) is 3.32. The Kier molecular flexibility index (Phi) is 5.07. The number of nitrogens with zero attached hydrogens (tertiary/aromatic N) is 2. The van der Waals surface area contributed by atoms with Crippen molar-refractivity contribution in [3.63, 3.8) is 0 Å². The first-order valence-corrected chi connectivity index (χ1v) is 6.87. The van der Waals surface area contributed by atoms with Gasteiger partial charge < -0.3 is 10.1 Å². The van der Waals surface area contributed by atoms with Crippen molar-refractivity contribution < 1.29 is 4.74 Å². The predicted octanol–water partition coefficient (Wildman–Crippen LogP) is 2.55. The van der Waals surface area contributed by atoms with Crippen LogP contribution in [0, 0.1) is 0 Å². The van der Waals surface area contributed by atoms with Gasteiger partial charge in [0.05, 0.1) is 13.3 Å². The van der Waals surface area contributed by atoms with E-state index >= 15 is 0 Å². The largest absolute Gasteiger partial charge is 0.495 e. The molecule has 0 aliphatic rings. The number of pyridine rings is 2. The Morgan fingerprint density at radius 3 is 2.70 bits per heavy atom. The zero-order chi connectivity index (χ0) is 14.4. The highest BCUT2D eigenvalue weighted by atomic mass is 16.5. The van der Waals surface area contributed by atoms with E-state index in [0.717, 1.165) is 29.8 Å². The van der Waals surface area contributed by atoms with Crippen LogP contribution in [-0.2, 0) is 12.8 Å². The molecule has 20 heavy (non-hydrogen) atoms. The average molecular weight is 271 g/mol. The van der Waals surface area contributed by atoms with Gasteiger partial charge in [-0.05, 0) is 31.2 Å². The number of ether oxygens (including phenoxy) is 1. The zero-order valence-electron chi connectivity index (χ0n) is 12.3. The van der Waals surface area contributed by atoms with Crippen LogP contribution < -0.4 is 10.1 Å². The summed E-state index contributed by atoms with van der Waals surface area (Å²) in [6.07, 6.45) is 7.32. The summed E-state index contributed by atoms with van der Waals surface area (Å²) in [5.41, 5.74) is 3.43. The third-order valence-corrected chi connectivity index (χ3v) is 3.47. The van der Waals surface area contributed by atoms with Gasteiger partial charge in [0.2, 0.25) is 0 Å². The lowest BCUT2D eigenvalue weighted by Gasteiger charge is -2.18. The summed E-state index contributed by atoms with van der Waals surface area (Å²) in [7, 11) is 3.62. The Labute approximate surface area is 120 Å². The molecule has 4 nitrogen and oxygen atoms in total. The van der Waals surface area contributed by atoms with Gasteiger partial charge in [0.15, 0.2) is 0 Å². The Hall–Kier alpha value is -1.94. The summed E-state index contributed by atoms with van der Waals surface area (Å²) in [6.45, 7) is 2.13. The van der Waals surface area contributed by atoms with E-state index in [9.17, 15) is 0 Å². The molecular weight excluding hydrogens is 250 g/mol. The molecule has 0 aliphatic heterocycles. The number of methoxy groups -OCH3 is 1. The van der Waals surface area contributed by atoms with Crippen molar-refractivity contribution in [1.29, 1.82) is 0 Å². The first-order valence-electron chi connectivity index (χ1n) is 6.87. The van der Waals surface area contributed by atoms with Crippen molar-refractivity contribution in [3.05, 3.63) is 53.6 Å². The Morgan fingerprint density at radius 2 is 2.10 bits per heavy atom. The van der Waals surface area contributed by atoms with Crippen LogP contribution in [0.5, 0.6) is 5.75 Å². The molecule has 0 aliphatic carbocycles. The monoisotopic (exact) mass is 271 g/mol. The summed E-state index contributed by atoms with van der Waals surface area (Å²) in [5.74, 6) is 0.803. The number of aryl methyl sites for hydroxylation is 1.